The maximum atomic E-state index is 3.54. The Morgan fingerprint density at radius 1 is 1.40 bits per heavy atom. The third kappa shape index (κ3) is 1.94. The fourth-order valence-electron chi connectivity index (χ4n) is 3.56. The highest BCUT2D eigenvalue weighted by atomic mass is 32.2. The molecule has 2 nitrogen and oxygen atoms in total. The summed E-state index contributed by atoms with van der Waals surface area (Å²) in [4.78, 5) is 2.77. The lowest BCUT2D eigenvalue weighted by Gasteiger charge is -2.26. The molecule has 0 amide bonds. The minimum absolute atomic E-state index is 0.829. The molecular weight excluding hydrogens is 204 g/mol. The third-order valence-corrected chi connectivity index (χ3v) is 5.80. The van der Waals surface area contributed by atoms with Crippen LogP contribution in [0.3, 0.4) is 0 Å². The van der Waals surface area contributed by atoms with Gasteiger partial charge in [0.15, 0.2) is 0 Å². The van der Waals surface area contributed by atoms with Gasteiger partial charge in [-0.05, 0) is 55.7 Å². The van der Waals surface area contributed by atoms with Crippen LogP contribution in [0.15, 0.2) is 0 Å². The van der Waals surface area contributed by atoms with Crippen LogP contribution >= 0.6 is 11.8 Å². The van der Waals surface area contributed by atoms with Crippen molar-refractivity contribution in [2.45, 2.75) is 19.4 Å². The van der Waals surface area contributed by atoms with E-state index in [9.17, 15) is 0 Å². The quantitative estimate of drug-likeness (QED) is 0.763. The number of hydrogen-bond donors (Lipinski definition) is 1. The number of nitrogens with one attached hydrogen (secondary N) is 1. The number of thioether (sulfide) groups is 1. The molecule has 0 aromatic rings. The van der Waals surface area contributed by atoms with E-state index < -0.39 is 0 Å². The van der Waals surface area contributed by atoms with Gasteiger partial charge in [0.05, 0.1) is 0 Å². The van der Waals surface area contributed by atoms with Gasteiger partial charge in [0.25, 0.3) is 0 Å². The van der Waals surface area contributed by atoms with Gasteiger partial charge in [-0.15, -0.1) is 0 Å². The van der Waals surface area contributed by atoms with Crippen LogP contribution in [0.4, 0.5) is 0 Å². The van der Waals surface area contributed by atoms with Crippen LogP contribution in [-0.2, 0) is 0 Å². The van der Waals surface area contributed by atoms with Gasteiger partial charge in [-0.3, -0.25) is 4.90 Å². The topological polar surface area (TPSA) is 15.3 Å². The highest BCUT2D eigenvalue weighted by Gasteiger charge is 2.42. The summed E-state index contributed by atoms with van der Waals surface area (Å²) in [7, 11) is 0. The van der Waals surface area contributed by atoms with Crippen LogP contribution in [-0.4, -0.2) is 48.6 Å². The highest BCUT2D eigenvalue weighted by Crippen LogP contribution is 2.34. The monoisotopic (exact) mass is 226 g/mol. The van der Waals surface area contributed by atoms with Crippen molar-refractivity contribution >= 4 is 11.8 Å². The molecule has 0 aromatic carbocycles. The standard InChI is InChI=1S/C12H22N2S/c1-9-12-5-13-4-11(12)7-14(9)6-10-2-3-15-8-10/h9-13H,2-8H2,1H3. The molecule has 1 N–H and O–H groups in total. The Labute approximate surface area is 97.2 Å². The second-order valence-corrected chi connectivity index (χ2v) is 6.66. The predicted molar refractivity (Wildman–Crippen MR) is 66.3 cm³/mol. The molecule has 3 aliphatic rings. The molecule has 4 atom stereocenters. The number of likely N-dealkylation sites (tertiary alicyclic amines) is 1. The molecule has 4 unspecified atom stereocenters. The van der Waals surface area contributed by atoms with Crippen molar-refractivity contribution < 1.29 is 0 Å². The summed E-state index contributed by atoms with van der Waals surface area (Å²) in [6.07, 6.45) is 1.46. The lowest BCUT2D eigenvalue weighted by Crippen LogP contribution is -2.36. The molecule has 0 aromatic heterocycles. The zero-order valence-electron chi connectivity index (χ0n) is 9.61. The summed E-state index contributed by atoms with van der Waals surface area (Å²) in [5.41, 5.74) is 0. The normalized spacial score (nSPS) is 46.2. The lowest BCUT2D eigenvalue weighted by atomic mass is 9.95. The molecule has 0 saturated carbocycles. The van der Waals surface area contributed by atoms with Crippen molar-refractivity contribution in [3.05, 3.63) is 0 Å². The number of nitrogens with zero attached hydrogens (tertiary/aromatic N) is 1. The smallest absolute Gasteiger partial charge is 0.0111 e. The highest BCUT2D eigenvalue weighted by molar-refractivity contribution is 7.99. The summed E-state index contributed by atoms with van der Waals surface area (Å²) in [6.45, 7) is 7.72. The maximum absolute atomic E-state index is 3.54. The molecule has 0 radical (unpaired) electrons. The van der Waals surface area contributed by atoms with Gasteiger partial charge < -0.3 is 5.32 Å². The van der Waals surface area contributed by atoms with Crippen LogP contribution in [0.5, 0.6) is 0 Å². The number of rotatable bonds is 2. The molecule has 3 saturated heterocycles. The summed E-state index contributed by atoms with van der Waals surface area (Å²) in [6, 6.07) is 0.829. The maximum Gasteiger partial charge on any atom is 0.0111 e. The van der Waals surface area contributed by atoms with E-state index in [1.54, 1.807) is 0 Å². The Morgan fingerprint density at radius 3 is 3.07 bits per heavy atom. The van der Waals surface area contributed by atoms with Crippen molar-refractivity contribution in [3.8, 4) is 0 Å². The molecule has 15 heavy (non-hydrogen) atoms. The summed E-state index contributed by atoms with van der Waals surface area (Å²) in [5.74, 6) is 5.70. The molecule has 3 heterocycles. The average Bonchev–Trinajstić information content (AvgIpc) is 2.89. The third-order valence-electron chi connectivity index (χ3n) is 4.57. The van der Waals surface area contributed by atoms with Gasteiger partial charge in [0, 0.05) is 19.1 Å². The van der Waals surface area contributed by atoms with Crippen molar-refractivity contribution in [3.63, 3.8) is 0 Å². The summed E-state index contributed by atoms with van der Waals surface area (Å²) in [5, 5.41) is 3.54. The molecular formula is C12H22N2S. The average molecular weight is 226 g/mol. The largest absolute Gasteiger partial charge is 0.316 e. The molecule has 3 heteroatoms. The fraction of sp³-hybridized carbons (Fsp3) is 1.00. The van der Waals surface area contributed by atoms with E-state index in [1.165, 1.54) is 44.1 Å². The first-order valence-corrected chi connectivity index (χ1v) is 7.52. The van der Waals surface area contributed by atoms with Crippen molar-refractivity contribution in [2.24, 2.45) is 17.8 Å². The molecule has 3 aliphatic heterocycles. The van der Waals surface area contributed by atoms with E-state index in [0.717, 1.165) is 23.8 Å². The Kier molecular flexibility index (Phi) is 2.97. The SMILES string of the molecule is CC1C2CNCC2CN1CC1CCSC1. The number of fused-ring (bicyclic) bond motifs is 1. The number of hydrogen-bond acceptors (Lipinski definition) is 3. The van der Waals surface area contributed by atoms with Gasteiger partial charge in [-0.2, -0.15) is 11.8 Å². The summed E-state index contributed by atoms with van der Waals surface area (Å²) >= 11 is 2.15. The van der Waals surface area contributed by atoms with Crippen molar-refractivity contribution in [2.75, 3.05) is 37.7 Å². The first-order chi connectivity index (χ1) is 7.34. The van der Waals surface area contributed by atoms with Crippen LogP contribution in [0.1, 0.15) is 13.3 Å². The van der Waals surface area contributed by atoms with E-state index in [0.29, 0.717) is 0 Å². The van der Waals surface area contributed by atoms with E-state index >= 15 is 0 Å². The van der Waals surface area contributed by atoms with Crippen LogP contribution < -0.4 is 5.32 Å². The van der Waals surface area contributed by atoms with E-state index in [-0.39, 0.29) is 0 Å². The van der Waals surface area contributed by atoms with Gasteiger partial charge >= 0.3 is 0 Å². The molecule has 3 rings (SSSR count). The first kappa shape index (κ1) is 10.4. The Balaban J connectivity index is 1.58. The minimum Gasteiger partial charge on any atom is -0.316 e. The van der Waals surface area contributed by atoms with Gasteiger partial charge in [-0.25, -0.2) is 0 Å². The minimum atomic E-state index is 0.829. The van der Waals surface area contributed by atoms with Crippen molar-refractivity contribution in [1.29, 1.82) is 0 Å². The predicted octanol–water partition coefficient (Wildman–Crippen LogP) is 1.28. The molecule has 0 spiro atoms. The Morgan fingerprint density at radius 2 is 2.33 bits per heavy atom. The van der Waals surface area contributed by atoms with Crippen LogP contribution in [0, 0.1) is 17.8 Å². The van der Waals surface area contributed by atoms with Gasteiger partial charge in [0.2, 0.25) is 0 Å². The Hall–Kier alpha value is 0.270. The Bertz CT molecular complexity index is 228. The van der Waals surface area contributed by atoms with Crippen LogP contribution in [0.2, 0.25) is 0 Å². The lowest BCUT2D eigenvalue weighted by molar-refractivity contribution is 0.211. The zero-order valence-corrected chi connectivity index (χ0v) is 10.4. The first-order valence-electron chi connectivity index (χ1n) is 6.37. The van der Waals surface area contributed by atoms with Crippen LogP contribution in [0.25, 0.3) is 0 Å². The molecule has 3 fully saturated rings. The second-order valence-electron chi connectivity index (χ2n) is 5.51. The van der Waals surface area contributed by atoms with E-state index in [1.807, 2.05) is 0 Å². The van der Waals surface area contributed by atoms with E-state index in [4.69, 9.17) is 0 Å². The fourth-order valence-corrected chi connectivity index (χ4v) is 4.83. The zero-order chi connectivity index (χ0) is 10.3. The van der Waals surface area contributed by atoms with E-state index in [2.05, 4.69) is 28.9 Å². The molecule has 86 valence electrons. The summed E-state index contributed by atoms with van der Waals surface area (Å²) < 4.78 is 0. The van der Waals surface area contributed by atoms with Gasteiger partial charge in [0.1, 0.15) is 0 Å². The van der Waals surface area contributed by atoms with Crippen molar-refractivity contribution in [1.82, 2.24) is 10.2 Å². The molecule has 0 bridgehead atoms. The molecule has 0 aliphatic carbocycles. The van der Waals surface area contributed by atoms with Gasteiger partial charge in [-0.1, -0.05) is 0 Å². The second kappa shape index (κ2) is 4.27.